The lowest BCUT2D eigenvalue weighted by Gasteiger charge is -2.17. The predicted molar refractivity (Wildman–Crippen MR) is 154 cm³/mol. The van der Waals surface area contributed by atoms with Crippen LogP contribution in [0.15, 0.2) is 83.7 Å². The molecule has 0 amide bonds. The van der Waals surface area contributed by atoms with E-state index in [1.54, 1.807) is 4.57 Å². The van der Waals surface area contributed by atoms with Gasteiger partial charge in [0.05, 0.1) is 13.0 Å². The van der Waals surface area contributed by atoms with Gasteiger partial charge >= 0.3 is 5.69 Å². The van der Waals surface area contributed by atoms with E-state index in [0.29, 0.717) is 24.5 Å². The number of imidazole rings is 1. The summed E-state index contributed by atoms with van der Waals surface area (Å²) in [5.41, 5.74) is 5.34. The van der Waals surface area contributed by atoms with Crippen molar-refractivity contribution in [1.82, 2.24) is 29.8 Å². The lowest BCUT2D eigenvalue weighted by Crippen LogP contribution is -2.32. The SMILES string of the molecule is CCCc1c(C(OC)OC)n(C(=O)Cc2ccccc2)c(=O)n1Cc1ccc(-c2ccccc2-c2nnn[nH]2)cc1. The summed E-state index contributed by atoms with van der Waals surface area (Å²) in [6, 6.07) is 25.2. The maximum atomic E-state index is 13.9. The molecule has 0 atom stereocenters. The minimum atomic E-state index is -0.866. The number of hydrogen-bond acceptors (Lipinski definition) is 7. The molecule has 2 heterocycles. The third-order valence-electron chi connectivity index (χ3n) is 7.00. The van der Waals surface area contributed by atoms with E-state index in [1.807, 2.05) is 85.8 Å². The second-order valence-corrected chi connectivity index (χ2v) is 9.64. The van der Waals surface area contributed by atoms with Gasteiger partial charge in [0.2, 0.25) is 12.2 Å². The van der Waals surface area contributed by atoms with Crippen LogP contribution >= 0.6 is 0 Å². The molecule has 10 nitrogen and oxygen atoms in total. The quantitative estimate of drug-likeness (QED) is 0.237. The Labute approximate surface area is 237 Å². The van der Waals surface area contributed by atoms with Crippen molar-refractivity contribution in [3.05, 3.63) is 112 Å². The summed E-state index contributed by atoms with van der Waals surface area (Å²) in [6.07, 6.45) is 0.569. The van der Waals surface area contributed by atoms with Gasteiger partial charge in [0.15, 0.2) is 5.82 Å². The van der Waals surface area contributed by atoms with Crippen LogP contribution in [-0.2, 0) is 28.9 Å². The second-order valence-electron chi connectivity index (χ2n) is 9.64. The van der Waals surface area contributed by atoms with E-state index in [1.165, 1.54) is 18.8 Å². The highest BCUT2D eigenvalue weighted by molar-refractivity contribution is 5.82. The van der Waals surface area contributed by atoms with Crippen molar-refractivity contribution in [1.29, 1.82) is 0 Å². The molecule has 210 valence electrons. The van der Waals surface area contributed by atoms with Gasteiger partial charge in [-0.05, 0) is 39.1 Å². The zero-order chi connectivity index (χ0) is 28.8. The Hall–Kier alpha value is -4.67. The Morgan fingerprint density at radius 1 is 0.902 bits per heavy atom. The van der Waals surface area contributed by atoms with E-state index >= 15 is 0 Å². The molecule has 0 unspecified atom stereocenters. The fraction of sp³-hybridized carbons (Fsp3) is 0.258. The lowest BCUT2D eigenvalue weighted by atomic mass is 9.98. The number of rotatable bonds is 11. The van der Waals surface area contributed by atoms with E-state index in [0.717, 1.165) is 39.9 Å². The molecule has 5 aromatic rings. The average Bonchev–Trinajstić information content (AvgIpc) is 3.63. The Morgan fingerprint density at radius 2 is 1.59 bits per heavy atom. The van der Waals surface area contributed by atoms with Gasteiger partial charge in [-0.25, -0.2) is 14.5 Å². The van der Waals surface area contributed by atoms with Gasteiger partial charge in [-0.2, -0.15) is 0 Å². The molecule has 5 rings (SSSR count). The van der Waals surface area contributed by atoms with E-state index in [9.17, 15) is 9.59 Å². The van der Waals surface area contributed by atoms with E-state index in [-0.39, 0.29) is 12.3 Å². The fourth-order valence-corrected chi connectivity index (χ4v) is 5.11. The standard InChI is InChI=1S/C31H32N6O4/c1-4-10-26-28(30(40-2)41-3)37(27(38)19-21-11-6-5-7-12-21)31(39)36(26)20-22-15-17-23(18-16-22)24-13-8-9-14-25(24)29-32-34-35-33-29/h5-9,11-18,30H,4,10,19-20H2,1-3H3,(H,32,33,34,35). The summed E-state index contributed by atoms with van der Waals surface area (Å²) in [5, 5.41) is 14.3. The summed E-state index contributed by atoms with van der Waals surface area (Å²) >= 11 is 0. The highest BCUT2D eigenvalue weighted by Crippen LogP contribution is 2.30. The Balaban J connectivity index is 1.53. The van der Waals surface area contributed by atoms with Crippen LogP contribution in [0.5, 0.6) is 0 Å². The lowest BCUT2D eigenvalue weighted by molar-refractivity contribution is -0.110. The molecular formula is C31H32N6O4. The first kappa shape index (κ1) is 27.9. The number of ether oxygens (including phenoxy) is 2. The molecule has 0 saturated heterocycles. The third-order valence-corrected chi connectivity index (χ3v) is 7.00. The third kappa shape index (κ3) is 5.79. The number of carbonyl (C=O) groups is 1. The van der Waals surface area contributed by atoms with Crippen molar-refractivity contribution in [2.45, 2.75) is 39.0 Å². The zero-order valence-corrected chi connectivity index (χ0v) is 23.3. The summed E-state index contributed by atoms with van der Waals surface area (Å²) in [6.45, 7) is 2.33. The first-order valence-corrected chi connectivity index (χ1v) is 13.4. The fourth-order valence-electron chi connectivity index (χ4n) is 5.11. The maximum Gasteiger partial charge on any atom is 0.335 e. The molecule has 0 aliphatic carbocycles. The molecule has 0 fully saturated rings. The molecular weight excluding hydrogens is 520 g/mol. The van der Waals surface area contributed by atoms with Gasteiger partial charge in [0.25, 0.3) is 0 Å². The van der Waals surface area contributed by atoms with Crippen LogP contribution in [0.4, 0.5) is 0 Å². The largest absolute Gasteiger partial charge is 0.350 e. The average molecular weight is 553 g/mol. The molecule has 41 heavy (non-hydrogen) atoms. The van der Waals surface area contributed by atoms with Crippen LogP contribution in [0.1, 0.15) is 46.9 Å². The minimum Gasteiger partial charge on any atom is -0.350 e. The molecule has 2 aromatic heterocycles. The smallest absolute Gasteiger partial charge is 0.335 e. The molecule has 1 N–H and O–H groups in total. The monoisotopic (exact) mass is 552 g/mol. The number of tetrazole rings is 1. The van der Waals surface area contributed by atoms with Crippen LogP contribution in [0.2, 0.25) is 0 Å². The zero-order valence-electron chi connectivity index (χ0n) is 23.3. The van der Waals surface area contributed by atoms with Gasteiger partial charge in [-0.15, -0.1) is 5.10 Å². The first-order chi connectivity index (χ1) is 20.0. The Morgan fingerprint density at radius 3 is 2.22 bits per heavy atom. The van der Waals surface area contributed by atoms with Gasteiger partial charge < -0.3 is 9.47 Å². The van der Waals surface area contributed by atoms with Crippen molar-refractivity contribution in [3.63, 3.8) is 0 Å². The van der Waals surface area contributed by atoms with Crippen LogP contribution in [0.25, 0.3) is 22.5 Å². The van der Waals surface area contributed by atoms with Crippen LogP contribution < -0.4 is 5.69 Å². The summed E-state index contributed by atoms with van der Waals surface area (Å²) in [5.74, 6) is 0.251. The van der Waals surface area contributed by atoms with E-state index < -0.39 is 12.0 Å². The molecule has 0 aliphatic heterocycles. The number of benzene rings is 3. The van der Waals surface area contributed by atoms with E-state index in [4.69, 9.17) is 9.47 Å². The van der Waals surface area contributed by atoms with Gasteiger partial charge in [0, 0.05) is 25.5 Å². The number of aromatic amines is 1. The maximum absolute atomic E-state index is 13.9. The Kier molecular flexibility index (Phi) is 8.61. The van der Waals surface area contributed by atoms with Crippen molar-refractivity contribution >= 4 is 5.91 Å². The molecule has 0 saturated carbocycles. The normalized spacial score (nSPS) is 11.3. The number of aromatic nitrogens is 6. The highest BCUT2D eigenvalue weighted by atomic mass is 16.7. The molecule has 0 bridgehead atoms. The topological polar surface area (TPSA) is 117 Å². The van der Waals surface area contributed by atoms with Gasteiger partial charge in [-0.3, -0.25) is 9.36 Å². The summed E-state index contributed by atoms with van der Waals surface area (Å²) < 4.78 is 14.0. The molecule has 10 heteroatoms. The van der Waals surface area contributed by atoms with Crippen molar-refractivity contribution in [2.24, 2.45) is 0 Å². The van der Waals surface area contributed by atoms with E-state index in [2.05, 4.69) is 20.6 Å². The van der Waals surface area contributed by atoms with Crippen LogP contribution in [0, 0.1) is 0 Å². The number of H-pyrrole nitrogens is 1. The Bertz CT molecular complexity index is 1650. The van der Waals surface area contributed by atoms with Crippen molar-refractivity contribution < 1.29 is 14.3 Å². The first-order valence-electron chi connectivity index (χ1n) is 13.4. The number of nitrogens with one attached hydrogen (secondary N) is 1. The van der Waals surface area contributed by atoms with Gasteiger partial charge in [0.1, 0.15) is 5.69 Å². The number of carbonyl (C=O) groups excluding carboxylic acids is 1. The predicted octanol–water partition coefficient (Wildman–Crippen LogP) is 4.67. The van der Waals surface area contributed by atoms with Crippen LogP contribution in [0.3, 0.4) is 0 Å². The van der Waals surface area contributed by atoms with Gasteiger partial charge in [-0.1, -0.05) is 92.2 Å². The van der Waals surface area contributed by atoms with Crippen LogP contribution in [-0.4, -0.2) is 49.9 Å². The van der Waals surface area contributed by atoms with Crippen molar-refractivity contribution in [2.75, 3.05) is 14.2 Å². The summed E-state index contributed by atoms with van der Waals surface area (Å²) in [7, 11) is 3.01. The van der Waals surface area contributed by atoms with Crippen molar-refractivity contribution in [3.8, 4) is 22.5 Å². The molecule has 0 spiro atoms. The number of methoxy groups -OCH3 is 2. The number of nitrogens with zero attached hydrogens (tertiary/aromatic N) is 5. The molecule has 0 radical (unpaired) electrons. The molecule has 0 aliphatic rings. The summed E-state index contributed by atoms with van der Waals surface area (Å²) in [4.78, 5) is 27.5. The molecule has 3 aromatic carbocycles. The minimum absolute atomic E-state index is 0.0816. The second kappa shape index (κ2) is 12.7. The highest BCUT2D eigenvalue weighted by Gasteiger charge is 2.29. The number of hydrogen-bond donors (Lipinski definition) is 1.